The summed E-state index contributed by atoms with van der Waals surface area (Å²) < 4.78 is 8.96. The molecule has 4 rings (SSSR count). The maximum absolute atomic E-state index is 9.82. The van der Waals surface area contributed by atoms with Gasteiger partial charge in [-0.1, -0.05) is 25.1 Å². The van der Waals surface area contributed by atoms with E-state index in [0.717, 1.165) is 41.4 Å². The molecule has 0 amide bonds. The Hall–Kier alpha value is -2.34. The minimum absolute atomic E-state index is 0.0172. The highest BCUT2D eigenvalue weighted by molar-refractivity contribution is 7.97. The molecule has 0 spiro atoms. The largest absolute Gasteiger partial charge is 0.488 e. The van der Waals surface area contributed by atoms with Crippen LogP contribution in [0.1, 0.15) is 25.0 Å². The maximum atomic E-state index is 9.82. The number of pyridine rings is 1. The summed E-state index contributed by atoms with van der Waals surface area (Å²) in [6.07, 6.45) is 9.74. The van der Waals surface area contributed by atoms with Gasteiger partial charge in [-0.3, -0.25) is 9.88 Å². The van der Waals surface area contributed by atoms with E-state index in [1.54, 1.807) is 18.1 Å². The van der Waals surface area contributed by atoms with Gasteiger partial charge in [-0.15, -0.1) is 5.73 Å². The van der Waals surface area contributed by atoms with Crippen molar-refractivity contribution >= 4 is 17.5 Å². The number of hydrogen-bond acceptors (Lipinski definition) is 6. The van der Waals surface area contributed by atoms with Gasteiger partial charge in [-0.2, -0.15) is 0 Å². The topological polar surface area (TPSA) is 48.8 Å². The Morgan fingerprint density at radius 2 is 2.25 bits per heavy atom. The summed E-state index contributed by atoms with van der Waals surface area (Å²) in [5.74, 6) is 1.18. The van der Waals surface area contributed by atoms with E-state index in [1.807, 2.05) is 24.4 Å². The van der Waals surface area contributed by atoms with Crippen LogP contribution in [0, 0.1) is 5.92 Å². The zero-order valence-electron chi connectivity index (χ0n) is 18.9. The van der Waals surface area contributed by atoms with E-state index in [1.165, 1.54) is 5.56 Å². The van der Waals surface area contributed by atoms with Crippen LogP contribution in [0.4, 0.5) is 0 Å². The number of aromatic nitrogens is 1. The molecule has 3 atom stereocenters. The molecule has 2 aromatic rings. The van der Waals surface area contributed by atoms with Crippen LogP contribution in [0.3, 0.4) is 0 Å². The van der Waals surface area contributed by atoms with Crippen LogP contribution < -0.4 is 4.74 Å². The molecule has 1 N–H and O–H groups in total. The number of nitrogens with zero attached hydrogens (tertiary/aromatic N) is 3. The smallest absolute Gasteiger partial charge is 0.135 e. The Bertz CT molecular complexity index is 1020. The van der Waals surface area contributed by atoms with Crippen molar-refractivity contribution in [1.29, 1.82) is 0 Å². The van der Waals surface area contributed by atoms with Gasteiger partial charge in [0.05, 0.1) is 11.5 Å². The number of hydrogen-bond donors (Lipinski definition) is 1. The lowest BCUT2D eigenvalue weighted by molar-refractivity contribution is 0.0769. The van der Waals surface area contributed by atoms with E-state index >= 15 is 0 Å². The average molecular weight is 450 g/mol. The minimum Gasteiger partial charge on any atom is -0.488 e. The first-order valence-electron chi connectivity index (χ1n) is 11.1. The summed E-state index contributed by atoms with van der Waals surface area (Å²) in [7, 11) is 2.13. The molecule has 0 fully saturated rings. The molecule has 0 unspecified atom stereocenters. The van der Waals surface area contributed by atoms with E-state index in [9.17, 15) is 5.11 Å². The highest BCUT2D eigenvalue weighted by Gasteiger charge is 2.30. The quantitative estimate of drug-likeness (QED) is 0.499. The van der Waals surface area contributed by atoms with Crippen molar-refractivity contribution in [2.45, 2.75) is 37.4 Å². The molecule has 0 bridgehead atoms. The summed E-state index contributed by atoms with van der Waals surface area (Å²) >= 11 is 1.67. The molecule has 0 radical (unpaired) electrons. The molecule has 1 aromatic carbocycles. The molecule has 2 heterocycles. The predicted octanol–water partition coefficient (Wildman–Crippen LogP) is 4.41. The molecule has 6 heteroatoms. The molecular formula is C26H31N3O2S. The molecule has 168 valence electrons. The monoisotopic (exact) mass is 449 g/mol. The van der Waals surface area contributed by atoms with Gasteiger partial charge in [0.1, 0.15) is 11.9 Å². The SMILES string of the molecule is C[C@@H]1CN([C@@H](C)CO)Sc2ccc(C3=C=CC=C3)cc2O[C@H]1CN(C)Cc1cccnc1. The van der Waals surface area contributed by atoms with Crippen molar-refractivity contribution in [2.24, 2.45) is 5.92 Å². The Morgan fingerprint density at radius 1 is 1.38 bits per heavy atom. The summed E-state index contributed by atoms with van der Waals surface area (Å²) in [6.45, 7) is 6.89. The highest BCUT2D eigenvalue weighted by Crippen LogP contribution is 2.39. The number of allylic oxidation sites excluding steroid dienone is 3. The highest BCUT2D eigenvalue weighted by atomic mass is 32.2. The van der Waals surface area contributed by atoms with E-state index < -0.39 is 0 Å². The van der Waals surface area contributed by atoms with Crippen LogP contribution in [0.2, 0.25) is 0 Å². The fourth-order valence-corrected chi connectivity index (χ4v) is 5.09. The van der Waals surface area contributed by atoms with Crippen LogP contribution in [-0.4, -0.2) is 58.2 Å². The summed E-state index contributed by atoms with van der Waals surface area (Å²) in [4.78, 5) is 7.60. The van der Waals surface area contributed by atoms with Gasteiger partial charge < -0.3 is 9.84 Å². The van der Waals surface area contributed by atoms with E-state index in [2.05, 4.69) is 71.2 Å². The molecular weight excluding hydrogens is 418 g/mol. The van der Waals surface area contributed by atoms with Gasteiger partial charge in [0.15, 0.2) is 0 Å². The summed E-state index contributed by atoms with van der Waals surface area (Å²) in [6, 6.07) is 10.5. The zero-order valence-corrected chi connectivity index (χ0v) is 19.8. The van der Waals surface area contributed by atoms with E-state index in [-0.39, 0.29) is 24.7 Å². The lowest BCUT2D eigenvalue weighted by Crippen LogP contribution is -2.44. The predicted molar refractivity (Wildman–Crippen MR) is 130 cm³/mol. The molecule has 1 aliphatic heterocycles. The minimum atomic E-state index is 0.0172. The van der Waals surface area contributed by atoms with Crippen LogP contribution in [-0.2, 0) is 6.54 Å². The molecule has 0 saturated heterocycles. The normalized spacial score (nSPS) is 21.6. The fraction of sp³-hybridized carbons (Fsp3) is 0.385. The van der Waals surface area contributed by atoms with Crippen molar-refractivity contribution in [3.8, 4) is 5.75 Å². The van der Waals surface area contributed by atoms with Gasteiger partial charge in [-0.25, -0.2) is 4.31 Å². The van der Waals surface area contributed by atoms with Gasteiger partial charge in [-0.05, 0) is 67.4 Å². The molecule has 2 aliphatic rings. The second-order valence-electron chi connectivity index (χ2n) is 8.66. The van der Waals surface area contributed by atoms with Crippen LogP contribution in [0.15, 0.2) is 71.6 Å². The maximum Gasteiger partial charge on any atom is 0.135 e. The number of benzene rings is 1. The number of likely N-dealkylation sites (N-methyl/N-ethyl adjacent to an activating group) is 1. The Kier molecular flexibility index (Phi) is 7.51. The number of aliphatic hydroxyl groups excluding tert-OH is 1. The number of ether oxygens (including phenoxy) is 1. The second kappa shape index (κ2) is 10.5. The molecule has 1 aliphatic carbocycles. The number of fused-ring (bicyclic) bond motifs is 1. The van der Waals surface area contributed by atoms with Crippen molar-refractivity contribution in [2.75, 3.05) is 26.7 Å². The summed E-state index contributed by atoms with van der Waals surface area (Å²) in [5.41, 5.74) is 6.65. The standard InChI is InChI=1S/C26H31N3O2S/c1-19-15-29(20(2)18-30)32-26-11-10-23(22-8-4-5-9-22)13-24(26)31-25(19)17-28(3)16-21-7-6-12-27-14-21/h4-8,10-14,19-20,25,30H,15-18H2,1-3H3/t19-,20+,25+/m1/s1. The fourth-order valence-electron chi connectivity index (χ4n) is 3.95. The zero-order chi connectivity index (χ0) is 22.5. The third kappa shape index (κ3) is 5.52. The third-order valence-electron chi connectivity index (χ3n) is 5.87. The van der Waals surface area contributed by atoms with Gasteiger partial charge >= 0.3 is 0 Å². The van der Waals surface area contributed by atoms with Crippen molar-refractivity contribution in [3.63, 3.8) is 0 Å². The van der Waals surface area contributed by atoms with Gasteiger partial charge in [0, 0.05) is 49.6 Å². The van der Waals surface area contributed by atoms with Crippen molar-refractivity contribution in [1.82, 2.24) is 14.2 Å². The van der Waals surface area contributed by atoms with Crippen molar-refractivity contribution in [3.05, 3.63) is 77.8 Å². The molecule has 1 aromatic heterocycles. The van der Waals surface area contributed by atoms with Crippen LogP contribution in [0.25, 0.3) is 5.57 Å². The van der Waals surface area contributed by atoms with Crippen LogP contribution >= 0.6 is 11.9 Å². The number of rotatable bonds is 7. The second-order valence-corrected chi connectivity index (χ2v) is 9.75. The first kappa shape index (κ1) is 22.8. The van der Waals surface area contributed by atoms with E-state index in [4.69, 9.17) is 4.74 Å². The average Bonchev–Trinajstić information content (AvgIpc) is 3.33. The first-order chi connectivity index (χ1) is 15.5. The Morgan fingerprint density at radius 3 is 2.97 bits per heavy atom. The van der Waals surface area contributed by atoms with Crippen LogP contribution in [0.5, 0.6) is 5.75 Å². The molecule has 0 saturated carbocycles. The van der Waals surface area contributed by atoms with Gasteiger partial charge in [0.2, 0.25) is 0 Å². The van der Waals surface area contributed by atoms with Gasteiger partial charge in [0.25, 0.3) is 0 Å². The third-order valence-corrected chi connectivity index (χ3v) is 7.15. The number of aliphatic hydroxyl groups is 1. The lowest BCUT2D eigenvalue weighted by Gasteiger charge is -2.37. The lowest BCUT2D eigenvalue weighted by atomic mass is 10.0. The van der Waals surface area contributed by atoms with Crippen molar-refractivity contribution < 1.29 is 9.84 Å². The van der Waals surface area contributed by atoms with E-state index in [0.29, 0.717) is 0 Å². The first-order valence-corrected chi connectivity index (χ1v) is 11.9. The summed E-state index contributed by atoms with van der Waals surface area (Å²) in [5, 5.41) is 9.82. The Balaban J connectivity index is 1.60. The molecule has 32 heavy (non-hydrogen) atoms. The molecule has 5 nitrogen and oxygen atoms in total. The Labute approximate surface area is 195 Å².